The molecule has 0 saturated heterocycles. The van der Waals surface area contributed by atoms with Crippen molar-refractivity contribution in [2.75, 3.05) is 6.54 Å². The van der Waals surface area contributed by atoms with E-state index in [9.17, 15) is 0 Å². The van der Waals surface area contributed by atoms with Crippen LogP contribution >= 0.6 is 11.6 Å². The van der Waals surface area contributed by atoms with Crippen LogP contribution in [0.25, 0.3) is 0 Å². The van der Waals surface area contributed by atoms with E-state index in [4.69, 9.17) is 11.6 Å². The first-order valence-electron chi connectivity index (χ1n) is 6.15. The van der Waals surface area contributed by atoms with Crippen molar-refractivity contribution in [1.82, 2.24) is 5.32 Å². The fourth-order valence-corrected chi connectivity index (χ4v) is 2.82. The van der Waals surface area contributed by atoms with Gasteiger partial charge in [-0.25, -0.2) is 0 Å². The minimum Gasteiger partial charge on any atom is -0.313 e. The topological polar surface area (TPSA) is 12.0 Å². The average molecular weight is 218 g/mol. The maximum atomic E-state index is 6.36. The Morgan fingerprint density at radius 1 is 1.21 bits per heavy atom. The molecular formula is C12H24ClN. The monoisotopic (exact) mass is 217 g/mol. The van der Waals surface area contributed by atoms with Crippen molar-refractivity contribution in [2.24, 2.45) is 5.92 Å². The summed E-state index contributed by atoms with van der Waals surface area (Å²) < 4.78 is 0. The molecule has 2 heteroatoms. The third-order valence-electron chi connectivity index (χ3n) is 3.52. The van der Waals surface area contributed by atoms with Gasteiger partial charge >= 0.3 is 0 Å². The molecule has 0 bridgehead atoms. The predicted molar refractivity (Wildman–Crippen MR) is 64.0 cm³/mol. The molecule has 1 atom stereocenters. The molecule has 1 fully saturated rings. The molecule has 1 N–H and O–H groups in total. The summed E-state index contributed by atoms with van der Waals surface area (Å²) >= 11 is 6.36. The number of rotatable bonds is 6. The van der Waals surface area contributed by atoms with Gasteiger partial charge in [-0.05, 0) is 18.8 Å². The van der Waals surface area contributed by atoms with Crippen molar-refractivity contribution in [3.05, 3.63) is 0 Å². The lowest BCUT2D eigenvalue weighted by Gasteiger charge is -2.21. The van der Waals surface area contributed by atoms with E-state index >= 15 is 0 Å². The van der Waals surface area contributed by atoms with Crippen molar-refractivity contribution >= 4 is 11.6 Å². The molecule has 1 aliphatic rings. The van der Waals surface area contributed by atoms with E-state index in [1.165, 1.54) is 38.5 Å². The Bertz CT molecular complexity index is 139. The van der Waals surface area contributed by atoms with Gasteiger partial charge in [-0.1, -0.05) is 39.5 Å². The van der Waals surface area contributed by atoms with Gasteiger partial charge in [-0.15, -0.1) is 11.6 Å². The molecule has 0 amide bonds. The van der Waals surface area contributed by atoms with Crippen LogP contribution in [0.4, 0.5) is 0 Å². The van der Waals surface area contributed by atoms with Gasteiger partial charge in [0.05, 0.1) is 0 Å². The molecule has 1 aliphatic carbocycles. The first-order chi connectivity index (χ1) is 6.77. The Morgan fingerprint density at radius 2 is 1.79 bits per heavy atom. The molecule has 1 saturated carbocycles. The fraction of sp³-hybridized carbons (Fsp3) is 1.00. The van der Waals surface area contributed by atoms with Gasteiger partial charge in [-0.3, -0.25) is 0 Å². The summed E-state index contributed by atoms with van der Waals surface area (Å²) in [5.74, 6) is 0.686. The third kappa shape index (κ3) is 3.78. The Kier molecular flexibility index (Phi) is 5.88. The highest BCUT2D eigenvalue weighted by Gasteiger charge is 2.19. The Hall–Kier alpha value is 0.250. The van der Waals surface area contributed by atoms with Crippen molar-refractivity contribution in [3.63, 3.8) is 0 Å². The lowest BCUT2D eigenvalue weighted by Crippen LogP contribution is -2.34. The second-order valence-corrected chi connectivity index (χ2v) is 5.04. The summed E-state index contributed by atoms with van der Waals surface area (Å²) in [6.07, 6.45) is 7.91. The zero-order chi connectivity index (χ0) is 10.4. The maximum absolute atomic E-state index is 6.36. The smallest absolute Gasteiger partial charge is 0.0488 e. The van der Waals surface area contributed by atoms with Gasteiger partial charge < -0.3 is 5.32 Å². The standard InChI is InChI=1S/C12H24ClN/c1-3-10(4-2)12(13)9-14-11-7-5-6-8-11/h10-12,14H,3-9H2,1-2H3. The predicted octanol–water partition coefficient (Wildman–Crippen LogP) is 3.56. The summed E-state index contributed by atoms with van der Waals surface area (Å²) in [4.78, 5) is 0. The van der Waals surface area contributed by atoms with Crippen molar-refractivity contribution in [1.29, 1.82) is 0 Å². The summed E-state index contributed by atoms with van der Waals surface area (Å²) in [6.45, 7) is 5.47. The van der Waals surface area contributed by atoms with E-state index in [1.807, 2.05) is 0 Å². The zero-order valence-corrected chi connectivity index (χ0v) is 10.3. The molecule has 1 rings (SSSR count). The highest BCUT2D eigenvalue weighted by molar-refractivity contribution is 6.21. The van der Waals surface area contributed by atoms with Gasteiger partial charge in [0.25, 0.3) is 0 Å². The number of hydrogen-bond donors (Lipinski definition) is 1. The largest absolute Gasteiger partial charge is 0.313 e. The van der Waals surface area contributed by atoms with E-state index in [-0.39, 0.29) is 0 Å². The molecule has 0 aromatic rings. The molecule has 14 heavy (non-hydrogen) atoms. The van der Waals surface area contributed by atoms with Gasteiger partial charge in [0.1, 0.15) is 0 Å². The Morgan fingerprint density at radius 3 is 2.29 bits per heavy atom. The van der Waals surface area contributed by atoms with E-state index in [0.717, 1.165) is 12.6 Å². The highest BCUT2D eigenvalue weighted by Crippen LogP contribution is 2.20. The van der Waals surface area contributed by atoms with E-state index in [2.05, 4.69) is 19.2 Å². The average Bonchev–Trinajstić information content (AvgIpc) is 2.69. The molecular weight excluding hydrogens is 194 g/mol. The number of alkyl halides is 1. The van der Waals surface area contributed by atoms with Crippen LogP contribution in [0.2, 0.25) is 0 Å². The van der Waals surface area contributed by atoms with Gasteiger partial charge in [-0.2, -0.15) is 0 Å². The van der Waals surface area contributed by atoms with Gasteiger partial charge in [0.2, 0.25) is 0 Å². The lowest BCUT2D eigenvalue weighted by molar-refractivity contribution is 0.422. The van der Waals surface area contributed by atoms with Crippen LogP contribution in [0.15, 0.2) is 0 Å². The Labute approximate surface area is 93.6 Å². The molecule has 0 aliphatic heterocycles. The minimum absolute atomic E-state index is 0.325. The van der Waals surface area contributed by atoms with Crippen LogP contribution in [0.1, 0.15) is 52.4 Å². The SMILES string of the molecule is CCC(CC)C(Cl)CNC1CCCC1. The fourth-order valence-electron chi connectivity index (χ4n) is 2.38. The van der Waals surface area contributed by atoms with Crippen LogP contribution < -0.4 is 5.32 Å². The molecule has 84 valence electrons. The minimum atomic E-state index is 0.325. The van der Waals surface area contributed by atoms with E-state index < -0.39 is 0 Å². The maximum Gasteiger partial charge on any atom is 0.0488 e. The molecule has 0 aromatic heterocycles. The van der Waals surface area contributed by atoms with Crippen molar-refractivity contribution < 1.29 is 0 Å². The van der Waals surface area contributed by atoms with E-state index in [1.54, 1.807) is 0 Å². The first-order valence-corrected chi connectivity index (χ1v) is 6.59. The summed E-state index contributed by atoms with van der Waals surface area (Å²) in [6, 6.07) is 0.755. The first kappa shape index (κ1) is 12.3. The van der Waals surface area contributed by atoms with Crippen molar-refractivity contribution in [3.8, 4) is 0 Å². The van der Waals surface area contributed by atoms with Crippen LogP contribution in [0.5, 0.6) is 0 Å². The van der Waals surface area contributed by atoms with Crippen LogP contribution in [-0.4, -0.2) is 18.0 Å². The highest BCUT2D eigenvalue weighted by atomic mass is 35.5. The van der Waals surface area contributed by atoms with Gasteiger partial charge in [0, 0.05) is 18.0 Å². The Balaban J connectivity index is 2.15. The lowest BCUT2D eigenvalue weighted by atomic mass is 9.99. The molecule has 0 aromatic carbocycles. The second kappa shape index (κ2) is 6.68. The van der Waals surface area contributed by atoms with Gasteiger partial charge in [0.15, 0.2) is 0 Å². The number of hydrogen-bond acceptors (Lipinski definition) is 1. The third-order valence-corrected chi connectivity index (χ3v) is 4.03. The summed E-state index contributed by atoms with van der Waals surface area (Å²) in [5.41, 5.74) is 0. The molecule has 0 heterocycles. The summed E-state index contributed by atoms with van der Waals surface area (Å²) in [7, 11) is 0. The normalized spacial score (nSPS) is 20.6. The molecule has 1 unspecified atom stereocenters. The zero-order valence-electron chi connectivity index (χ0n) is 9.56. The molecule has 0 radical (unpaired) electrons. The van der Waals surface area contributed by atoms with Crippen LogP contribution in [0.3, 0.4) is 0 Å². The van der Waals surface area contributed by atoms with E-state index in [0.29, 0.717) is 11.3 Å². The van der Waals surface area contributed by atoms with Crippen LogP contribution in [0, 0.1) is 5.92 Å². The second-order valence-electron chi connectivity index (χ2n) is 4.48. The molecule has 1 nitrogen and oxygen atoms in total. The number of nitrogens with one attached hydrogen (secondary N) is 1. The van der Waals surface area contributed by atoms with Crippen LogP contribution in [-0.2, 0) is 0 Å². The van der Waals surface area contributed by atoms with Crippen molar-refractivity contribution in [2.45, 2.75) is 63.8 Å². The quantitative estimate of drug-likeness (QED) is 0.671. The molecule has 0 spiro atoms. The summed E-state index contributed by atoms with van der Waals surface area (Å²) in [5, 5.41) is 3.92. The number of halogens is 1.